The van der Waals surface area contributed by atoms with E-state index in [1.807, 2.05) is 70.4 Å². The second-order valence-electron chi connectivity index (χ2n) is 12.3. The highest BCUT2D eigenvalue weighted by atomic mass is 16.6. The minimum atomic E-state index is -0.618. The summed E-state index contributed by atoms with van der Waals surface area (Å²) in [6.07, 6.45) is 9.98. The van der Waals surface area contributed by atoms with Crippen LogP contribution in [0.1, 0.15) is 58.1 Å². The first kappa shape index (κ1) is 30.0. The number of hydrogen-bond donors (Lipinski definition) is 0. The van der Waals surface area contributed by atoms with E-state index in [9.17, 15) is 4.79 Å². The lowest BCUT2D eigenvalue weighted by molar-refractivity contribution is 0.0588. The van der Waals surface area contributed by atoms with Gasteiger partial charge in [-0.1, -0.05) is 30.3 Å². The van der Waals surface area contributed by atoms with E-state index in [4.69, 9.17) is 19.3 Å². The fraction of sp³-hybridized carbons (Fsp3) is 0.394. The van der Waals surface area contributed by atoms with Crippen molar-refractivity contribution in [2.24, 2.45) is 7.05 Å². The fourth-order valence-corrected chi connectivity index (χ4v) is 5.41. The van der Waals surface area contributed by atoms with Crippen molar-refractivity contribution in [1.29, 1.82) is 0 Å². The normalized spacial score (nSPS) is 16.8. The number of carbonyl (C=O) groups is 1. The number of carbonyl (C=O) groups excluding carboxylic acids is 1. The molecule has 0 N–H and O–H groups in total. The van der Waals surface area contributed by atoms with Crippen molar-refractivity contribution in [3.63, 3.8) is 0 Å². The summed E-state index contributed by atoms with van der Waals surface area (Å²) >= 11 is 0. The summed E-state index contributed by atoms with van der Waals surface area (Å²) in [6, 6.07) is 14.0. The van der Waals surface area contributed by atoms with Gasteiger partial charge in [-0.05, 0) is 52.0 Å². The molecule has 12 heteroatoms. The third kappa shape index (κ3) is 7.05. The molecule has 1 amide bonds. The van der Waals surface area contributed by atoms with Crippen LogP contribution >= 0.6 is 0 Å². The molecule has 12 nitrogen and oxygen atoms in total. The van der Waals surface area contributed by atoms with Crippen LogP contribution in [0, 0.1) is 0 Å². The molecule has 0 bridgehead atoms. The number of anilines is 1. The Kier molecular flexibility index (Phi) is 8.38. The van der Waals surface area contributed by atoms with E-state index < -0.39 is 11.7 Å². The quantitative estimate of drug-likeness (QED) is 0.204. The van der Waals surface area contributed by atoms with E-state index in [-0.39, 0.29) is 12.1 Å². The van der Waals surface area contributed by atoms with Crippen LogP contribution in [0.5, 0.6) is 11.9 Å². The van der Waals surface area contributed by atoms with Crippen LogP contribution < -0.4 is 14.4 Å². The molecule has 6 rings (SSSR count). The highest BCUT2D eigenvalue weighted by Gasteiger charge is 2.29. The van der Waals surface area contributed by atoms with Crippen molar-refractivity contribution in [3.05, 3.63) is 72.8 Å². The Labute approximate surface area is 262 Å². The van der Waals surface area contributed by atoms with Gasteiger partial charge in [0.05, 0.1) is 17.8 Å². The lowest BCUT2D eigenvalue weighted by Crippen LogP contribution is -2.34. The van der Waals surface area contributed by atoms with Crippen LogP contribution in [0.2, 0.25) is 0 Å². The molecule has 0 atom stereocenters. The first-order chi connectivity index (χ1) is 21.6. The number of benzene rings is 1. The van der Waals surface area contributed by atoms with Gasteiger partial charge in [0.25, 0.3) is 0 Å². The molecule has 0 radical (unpaired) electrons. The number of nitrogens with zero attached hydrogens (tertiary/aromatic N) is 8. The molecule has 234 valence electrons. The van der Waals surface area contributed by atoms with Crippen LogP contribution in [0.15, 0.2) is 67.3 Å². The van der Waals surface area contributed by atoms with Crippen LogP contribution in [0.3, 0.4) is 0 Å². The predicted octanol–water partition coefficient (Wildman–Crippen LogP) is 6.13. The van der Waals surface area contributed by atoms with Crippen molar-refractivity contribution in [2.45, 2.75) is 70.8 Å². The number of amides is 1. The average Bonchev–Trinajstić information content (AvgIpc) is 3.63. The largest absolute Gasteiger partial charge is 0.473 e. The van der Waals surface area contributed by atoms with Gasteiger partial charge in [0, 0.05) is 55.8 Å². The topological polar surface area (TPSA) is 122 Å². The smallest absolute Gasteiger partial charge is 0.415 e. The maximum Gasteiger partial charge on any atom is 0.415 e. The summed E-state index contributed by atoms with van der Waals surface area (Å²) < 4.78 is 21.5. The van der Waals surface area contributed by atoms with Gasteiger partial charge in [-0.15, -0.1) is 0 Å². The molecule has 1 saturated carbocycles. The standard InChI is InChI=1S/C33H38N8O4/c1-33(2,3)45-32(42)40(5)28-17-27-26(19-35-28)30(23-18-36-39(4)20-23)38-41(27)24-11-13-25(14-12-24)44-31-34-16-15-29(37-31)43-21-22-9-7-6-8-10-22/h6-10,15-20,24-25H,11-14,21H2,1-5H3. The zero-order valence-corrected chi connectivity index (χ0v) is 26.3. The Balaban J connectivity index is 1.18. The minimum absolute atomic E-state index is 0.0271. The number of ether oxygens (including phenoxy) is 3. The van der Waals surface area contributed by atoms with E-state index in [1.54, 1.807) is 36.4 Å². The van der Waals surface area contributed by atoms with Crippen molar-refractivity contribution >= 4 is 22.8 Å². The highest BCUT2D eigenvalue weighted by Crippen LogP contribution is 2.36. The third-order valence-electron chi connectivity index (χ3n) is 7.67. The van der Waals surface area contributed by atoms with Gasteiger partial charge < -0.3 is 14.2 Å². The number of hydrogen-bond acceptors (Lipinski definition) is 9. The molecule has 45 heavy (non-hydrogen) atoms. The molecule has 0 saturated heterocycles. The second-order valence-corrected chi connectivity index (χ2v) is 12.3. The van der Waals surface area contributed by atoms with Crippen LogP contribution in [-0.2, 0) is 18.4 Å². The molecule has 5 aromatic rings. The summed E-state index contributed by atoms with van der Waals surface area (Å²) in [4.78, 5) is 27.6. The Morgan fingerprint density at radius 1 is 1.04 bits per heavy atom. The lowest BCUT2D eigenvalue weighted by atomic mass is 9.93. The molecule has 0 aliphatic heterocycles. The van der Waals surface area contributed by atoms with Crippen LogP contribution in [0.4, 0.5) is 10.6 Å². The number of aromatic nitrogens is 7. The number of rotatable bonds is 8. The molecular formula is C33H38N8O4. The molecule has 1 fully saturated rings. The summed E-state index contributed by atoms with van der Waals surface area (Å²) in [5.41, 5.74) is 3.04. The minimum Gasteiger partial charge on any atom is -0.473 e. The van der Waals surface area contributed by atoms with Gasteiger partial charge in [0.2, 0.25) is 5.88 Å². The van der Waals surface area contributed by atoms with Crippen molar-refractivity contribution in [2.75, 3.05) is 11.9 Å². The maximum atomic E-state index is 12.8. The highest BCUT2D eigenvalue weighted by molar-refractivity contribution is 5.95. The Bertz CT molecular complexity index is 1770. The van der Waals surface area contributed by atoms with Crippen LogP contribution in [-0.4, -0.2) is 59.4 Å². The van der Waals surface area contributed by atoms with E-state index >= 15 is 0 Å². The van der Waals surface area contributed by atoms with Gasteiger partial charge in [0.1, 0.15) is 29.8 Å². The zero-order valence-electron chi connectivity index (χ0n) is 26.3. The van der Waals surface area contributed by atoms with Crippen LogP contribution in [0.25, 0.3) is 22.2 Å². The van der Waals surface area contributed by atoms with Crippen molar-refractivity contribution in [1.82, 2.24) is 34.5 Å². The molecule has 0 spiro atoms. The number of fused-ring (bicyclic) bond motifs is 1. The molecule has 4 heterocycles. The Hall–Kier alpha value is -5.00. The summed E-state index contributed by atoms with van der Waals surface area (Å²) in [5, 5.41) is 10.3. The zero-order chi connectivity index (χ0) is 31.6. The molecule has 4 aromatic heterocycles. The summed E-state index contributed by atoms with van der Waals surface area (Å²) in [6.45, 7) is 5.94. The molecule has 1 aliphatic rings. The predicted molar refractivity (Wildman–Crippen MR) is 169 cm³/mol. The van der Waals surface area contributed by atoms with Gasteiger partial charge in [0.15, 0.2) is 0 Å². The third-order valence-corrected chi connectivity index (χ3v) is 7.67. The summed E-state index contributed by atoms with van der Waals surface area (Å²) in [7, 11) is 3.54. The van der Waals surface area contributed by atoms with E-state index in [1.165, 1.54) is 4.90 Å². The average molecular weight is 611 g/mol. The molecule has 0 unspecified atom stereocenters. The first-order valence-electron chi connectivity index (χ1n) is 15.1. The number of pyridine rings is 1. The SMILES string of the molecule is CN(C(=O)OC(C)(C)C)c1cc2c(cn1)c(-c1cnn(C)c1)nn2C1CCC(Oc2nccc(OCc3ccccc3)n2)CC1. The van der Waals surface area contributed by atoms with Crippen molar-refractivity contribution in [3.8, 4) is 23.1 Å². The number of aryl methyl sites for hydroxylation is 1. The van der Waals surface area contributed by atoms with Gasteiger partial charge in [-0.2, -0.15) is 15.2 Å². The lowest BCUT2D eigenvalue weighted by Gasteiger charge is -2.29. The monoisotopic (exact) mass is 610 g/mol. The Morgan fingerprint density at radius 2 is 1.82 bits per heavy atom. The van der Waals surface area contributed by atoms with Gasteiger partial charge in [-0.25, -0.2) is 14.8 Å². The van der Waals surface area contributed by atoms with E-state index in [0.717, 1.165) is 53.4 Å². The maximum absolute atomic E-state index is 12.8. The molecule has 1 aromatic carbocycles. The molecular weight excluding hydrogens is 572 g/mol. The first-order valence-corrected chi connectivity index (χ1v) is 15.1. The van der Waals surface area contributed by atoms with Gasteiger partial charge >= 0.3 is 12.1 Å². The van der Waals surface area contributed by atoms with E-state index in [0.29, 0.717) is 24.3 Å². The van der Waals surface area contributed by atoms with E-state index in [2.05, 4.69) is 24.7 Å². The Morgan fingerprint density at radius 3 is 2.53 bits per heavy atom. The second kappa shape index (κ2) is 12.5. The van der Waals surface area contributed by atoms with Gasteiger partial charge in [-0.3, -0.25) is 14.3 Å². The summed E-state index contributed by atoms with van der Waals surface area (Å²) in [5.74, 6) is 0.961. The van der Waals surface area contributed by atoms with Crippen molar-refractivity contribution < 1.29 is 19.0 Å². The molecule has 1 aliphatic carbocycles. The fourth-order valence-electron chi connectivity index (χ4n) is 5.41.